The summed E-state index contributed by atoms with van der Waals surface area (Å²) in [6, 6.07) is 18.0. The molecular formula is C45H50FN7O6. The van der Waals surface area contributed by atoms with Gasteiger partial charge in [-0.15, -0.1) is 0 Å². The molecule has 1 aliphatic carbocycles. The van der Waals surface area contributed by atoms with Gasteiger partial charge in [0.2, 0.25) is 11.8 Å². The number of amides is 5. The highest BCUT2D eigenvalue weighted by Gasteiger charge is 2.64. The lowest BCUT2D eigenvalue weighted by molar-refractivity contribution is -0.164. The molecule has 4 fully saturated rings. The van der Waals surface area contributed by atoms with Gasteiger partial charge in [0.25, 0.3) is 17.7 Å². The minimum absolute atomic E-state index is 0.0335. The van der Waals surface area contributed by atoms with E-state index in [1.807, 2.05) is 64.1 Å². The Morgan fingerprint density at radius 1 is 0.831 bits per heavy atom. The molecule has 0 spiro atoms. The third-order valence-corrected chi connectivity index (χ3v) is 13.2. The van der Waals surface area contributed by atoms with Crippen molar-refractivity contribution in [3.63, 3.8) is 0 Å². The van der Waals surface area contributed by atoms with Gasteiger partial charge in [0.05, 0.1) is 16.7 Å². The summed E-state index contributed by atoms with van der Waals surface area (Å²) >= 11 is 0. The van der Waals surface area contributed by atoms with E-state index in [1.165, 1.54) is 12.1 Å². The topological polar surface area (TPSA) is 155 Å². The number of fused-ring (bicyclic) bond motifs is 1. The van der Waals surface area contributed by atoms with Crippen LogP contribution in [0.4, 0.5) is 15.8 Å². The van der Waals surface area contributed by atoms with Gasteiger partial charge in [0.15, 0.2) is 0 Å². The molecule has 4 heterocycles. The number of nitrogens with one attached hydrogen (secondary N) is 2. The lowest BCUT2D eigenvalue weighted by atomic mass is 9.49. The van der Waals surface area contributed by atoms with Crippen LogP contribution in [0.25, 0.3) is 0 Å². The normalized spacial score (nSPS) is 24.3. The summed E-state index contributed by atoms with van der Waals surface area (Å²) in [7, 11) is 0. The number of nitriles is 1. The lowest BCUT2D eigenvalue weighted by Crippen LogP contribution is -2.74. The largest absolute Gasteiger partial charge is 0.489 e. The number of rotatable bonds is 9. The van der Waals surface area contributed by atoms with Crippen LogP contribution >= 0.6 is 0 Å². The van der Waals surface area contributed by atoms with Crippen molar-refractivity contribution in [2.75, 3.05) is 55.6 Å². The molecule has 14 heteroatoms. The second-order valence-electron chi connectivity index (χ2n) is 17.7. The molecule has 0 aromatic heterocycles. The molecule has 1 saturated carbocycles. The first-order valence-electron chi connectivity index (χ1n) is 20.5. The van der Waals surface area contributed by atoms with Crippen molar-refractivity contribution >= 4 is 40.9 Å². The summed E-state index contributed by atoms with van der Waals surface area (Å²) in [6.07, 6.45) is 1.95. The molecule has 5 aliphatic rings. The molecule has 5 amide bonds. The Bertz CT molecular complexity index is 2220. The van der Waals surface area contributed by atoms with E-state index in [4.69, 9.17) is 10.00 Å². The summed E-state index contributed by atoms with van der Waals surface area (Å²) in [4.78, 5) is 72.1. The summed E-state index contributed by atoms with van der Waals surface area (Å²) in [5, 5.41) is 14.5. The Hall–Kier alpha value is -5.81. The van der Waals surface area contributed by atoms with E-state index in [1.54, 1.807) is 18.2 Å². The summed E-state index contributed by atoms with van der Waals surface area (Å²) < 4.78 is 20.5. The molecule has 0 bridgehead atoms. The first-order chi connectivity index (χ1) is 28.1. The van der Waals surface area contributed by atoms with Gasteiger partial charge in [0, 0.05) is 92.1 Å². The van der Waals surface area contributed by atoms with Crippen LogP contribution in [0.5, 0.6) is 5.75 Å². The Balaban J connectivity index is 0.789. The molecule has 2 N–H and O–H groups in total. The van der Waals surface area contributed by atoms with Gasteiger partial charge in [0.1, 0.15) is 29.8 Å². The number of halogens is 1. The summed E-state index contributed by atoms with van der Waals surface area (Å²) in [5.74, 6) is -1.87. The van der Waals surface area contributed by atoms with Crippen molar-refractivity contribution in [1.82, 2.24) is 20.4 Å². The standard InChI is InChI=1S/C45H50FN7O6/c1-44(2)42(45(3,4)43(44)59-32-11-7-29(25-47)35(46)24-32)49-38(55)28-5-8-30(9-6-28)52-21-19-50(20-22-52)26-27-15-17-51(18-16-27)31-10-12-33-34(23-31)41(58)53(40(33)57)36-13-14-37(54)48-39(36)56/h5-12,23-24,27,36,42-43H,13-22,26H2,1-4H3,(H,49,55)(H,48,54,56). The van der Waals surface area contributed by atoms with Crippen LogP contribution in [0.1, 0.15) is 90.0 Å². The zero-order valence-corrected chi connectivity index (χ0v) is 33.9. The molecule has 8 rings (SSSR count). The van der Waals surface area contributed by atoms with E-state index in [2.05, 4.69) is 25.3 Å². The number of benzene rings is 3. The number of ether oxygens (including phenoxy) is 1. The number of piperazine rings is 1. The van der Waals surface area contributed by atoms with Gasteiger partial charge >= 0.3 is 0 Å². The zero-order valence-electron chi connectivity index (χ0n) is 33.9. The fourth-order valence-electron chi connectivity index (χ4n) is 10.2. The van der Waals surface area contributed by atoms with Crippen LogP contribution in [-0.2, 0) is 9.59 Å². The Morgan fingerprint density at radius 3 is 2.12 bits per heavy atom. The van der Waals surface area contributed by atoms with E-state index in [9.17, 15) is 28.4 Å². The second kappa shape index (κ2) is 15.4. The number of carbonyl (C=O) groups excluding carboxylic acids is 5. The second-order valence-corrected chi connectivity index (χ2v) is 17.7. The van der Waals surface area contributed by atoms with Crippen LogP contribution in [0.15, 0.2) is 60.7 Å². The van der Waals surface area contributed by atoms with Gasteiger partial charge in [-0.25, -0.2) is 4.39 Å². The summed E-state index contributed by atoms with van der Waals surface area (Å²) in [5.41, 5.74) is 2.25. The number of nitrogens with zero attached hydrogens (tertiary/aromatic N) is 5. The molecule has 4 aliphatic heterocycles. The maximum atomic E-state index is 14.3. The average Bonchev–Trinajstić information content (AvgIpc) is 3.47. The molecular weight excluding hydrogens is 754 g/mol. The highest BCUT2D eigenvalue weighted by atomic mass is 19.1. The molecule has 1 atom stereocenters. The van der Waals surface area contributed by atoms with Gasteiger partial charge in [-0.3, -0.25) is 39.1 Å². The van der Waals surface area contributed by atoms with Crippen molar-refractivity contribution in [1.29, 1.82) is 5.26 Å². The lowest BCUT2D eigenvalue weighted by Gasteiger charge is -2.63. The smallest absolute Gasteiger partial charge is 0.262 e. The fourth-order valence-corrected chi connectivity index (χ4v) is 10.2. The Kier molecular flexibility index (Phi) is 10.4. The molecule has 1 unspecified atom stereocenters. The first-order valence-corrected chi connectivity index (χ1v) is 20.5. The Labute approximate surface area is 343 Å². The predicted octanol–water partition coefficient (Wildman–Crippen LogP) is 4.75. The average molecular weight is 804 g/mol. The van der Waals surface area contributed by atoms with Crippen LogP contribution < -0.4 is 25.2 Å². The summed E-state index contributed by atoms with van der Waals surface area (Å²) in [6.45, 7) is 14.5. The predicted molar refractivity (Wildman–Crippen MR) is 217 cm³/mol. The minimum Gasteiger partial charge on any atom is -0.489 e. The van der Waals surface area contributed by atoms with Crippen LogP contribution in [-0.4, -0.2) is 103 Å². The maximum Gasteiger partial charge on any atom is 0.262 e. The molecule has 3 aromatic carbocycles. The highest BCUT2D eigenvalue weighted by Crippen LogP contribution is 2.55. The van der Waals surface area contributed by atoms with Gasteiger partial charge in [-0.2, -0.15) is 5.26 Å². The number of hydrogen-bond acceptors (Lipinski definition) is 10. The van der Waals surface area contributed by atoms with Gasteiger partial charge in [-0.05, 0) is 79.8 Å². The molecule has 308 valence electrons. The number of anilines is 2. The third kappa shape index (κ3) is 7.41. The van der Waals surface area contributed by atoms with Crippen molar-refractivity contribution in [2.45, 2.75) is 71.6 Å². The molecule has 59 heavy (non-hydrogen) atoms. The SMILES string of the molecule is CC1(C)C(NC(=O)c2ccc(N3CCN(CC4CCN(c5ccc6c(c5)C(=O)N(C5CCC(=O)NC5=O)C6=O)CC4)CC3)cc2)C(C)(C)C1Oc1ccc(C#N)c(F)c1. The van der Waals surface area contributed by atoms with E-state index in [-0.39, 0.29) is 36.5 Å². The van der Waals surface area contributed by atoms with Crippen molar-refractivity contribution in [3.05, 3.63) is 88.7 Å². The third-order valence-electron chi connectivity index (χ3n) is 13.2. The van der Waals surface area contributed by atoms with Crippen LogP contribution in [0.2, 0.25) is 0 Å². The number of piperidine rings is 2. The highest BCUT2D eigenvalue weighted by molar-refractivity contribution is 6.23. The van der Waals surface area contributed by atoms with E-state index in [0.29, 0.717) is 28.4 Å². The van der Waals surface area contributed by atoms with E-state index >= 15 is 0 Å². The quantitative estimate of drug-likeness (QED) is 0.290. The monoisotopic (exact) mass is 803 g/mol. The van der Waals surface area contributed by atoms with Gasteiger partial charge < -0.3 is 19.9 Å². The van der Waals surface area contributed by atoms with Gasteiger partial charge in [-0.1, -0.05) is 27.7 Å². The maximum absolute atomic E-state index is 14.3. The Morgan fingerprint density at radius 2 is 1.47 bits per heavy atom. The minimum atomic E-state index is -0.978. The van der Waals surface area contributed by atoms with Crippen LogP contribution in [0, 0.1) is 33.9 Å². The van der Waals surface area contributed by atoms with Crippen LogP contribution in [0.3, 0.4) is 0 Å². The molecule has 0 radical (unpaired) electrons. The molecule has 3 aromatic rings. The fraction of sp³-hybridized carbons (Fsp3) is 0.467. The van der Waals surface area contributed by atoms with Crippen molar-refractivity contribution in [2.24, 2.45) is 16.7 Å². The first kappa shape index (κ1) is 40.0. The van der Waals surface area contributed by atoms with E-state index in [0.717, 1.165) is 74.9 Å². The number of hydrogen-bond donors (Lipinski definition) is 2. The molecule has 3 saturated heterocycles. The zero-order chi connectivity index (χ0) is 41.8. The van der Waals surface area contributed by atoms with Crippen molar-refractivity contribution < 1.29 is 33.1 Å². The van der Waals surface area contributed by atoms with E-state index < -0.39 is 46.3 Å². The number of imide groups is 2. The molecule has 13 nitrogen and oxygen atoms in total. The van der Waals surface area contributed by atoms with Crippen molar-refractivity contribution in [3.8, 4) is 11.8 Å². The number of carbonyl (C=O) groups is 5.